The van der Waals surface area contributed by atoms with Crippen LogP contribution in [0.4, 0.5) is 18.9 Å². The van der Waals surface area contributed by atoms with Crippen molar-refractivity contribution >= 4 is 11.7 Å². The highest BCUT2D eigenvalue weighted by Crippen LogP contribution is 2.38. The first kappa shape index (κ1) is 27.1. The summed E-state index contributed by atoms with van der Waals surface area (Å²) in [4.78, 5) is 13.0. The van der Waals surface area contributed by atoms with Gasteiger partial charge in [-0.1, -0.05) is 18.2 Å². The second-order valence-electron chi connectivity index (χ2n) is 9.05. The summed E-state index contributed by atoms with van der Waals surface area (Å²) in [6.07, 6.45) is -2.58. The summed E-state index contributed by atoms with van der Waals surface area (Å²) in [5, 5.41) is 12.7. The van der Waals surface area contributed by atoms with E-state index in [1.54, 1.807) is 49.4 Å². The molecule has 2 N–H and O–H groups in total. The molecule has 0 radical (unpaired) electrons. The molecule has 38 heavy (non-hydrogen) atoms. The van der Waals surface area contributed by atoms with Crippen molar-refractivity contribution in [1.29, 1.82) is 0 Å². The normalized spacial score (nSPS) is 13.9. The molecule has 0 aliphatic carbocycles. The van der Waals surface area contributed by atoms with Gasteiger partial charge in [-0.25, -0.2) is 4.79 Å². The number of alkyl halides is 3. The van der Waals surface area contributed by atoms with Crippen LogP contribution in [0, 0.1) is 0 Å². The number of halogens is 3. The predicted molar refractivity (Wildman–Crippen MR) is 140 cm³/mol. The maximum Gasteiger partial charge on any atom is 0.416 e. The molecule has 9 heteroatoms. The van der Waals surface area contributed by atoms with E-state index in [1.807, 2.05) is 31.2 Å². The average molecular weight is 527 g/mol. The Balaban J connectivity index is 1.50. The quantitative estimate of drug-likeness (QED) is 0.330. The minimum atomic E-state index is -4.54. The Morgan fingerprint density at radius 1 is 1.08 bits per heavy atom. The molecule has 200 valence electrons. The minimum Gasteiger partial charge on any atom is -0.497 e. The lowest BCUT2D eigenvalue weighted by Gasteiger charge is -2.27. The Hall–Kier alpha value is -3.98. The molecule has 1 heterocycles. The molecule has 0 saturated carbocycles. The summed E-state index contributed by atoms with van der Waals surface area (Å²) in [5.41, 5.74) is 2.86. The van der Waals surface area contributed by atoms with Gasteiger partial charge in [-0.3, -0.25) is 0 Å². The number of benzene rings is 3. The van der Waals surface area contributed by atoms with Gasteiger partial charge in [-0.05, 0) is 84.1 Å². The Kier molecular flexibility index (Phi) is 7.97. The Morgan fingerprint density at radius 3 is 2.58 bits per heavy atom. The molecule has 6 nitrogen and oxygen atoms in total. The van der Waals surface area contributed by atoms with Crippen LogP contribution in [-0.2, 0) is 17.4 Å². The van der Waals surface area contributed by atoms with Crippen molar-refractivity contribution in [3.05, 3.63) is 89.1 Å². The van der Waals surface area contributed by atoms with Crippen LogP contribution < -0.4 is 19.7 Å². The van der Waals surface area contributed by atoms with Gasteiger partial charge in [0.2, 0.25) is 0 Å². The summed E-state index contributed by atoms with van der Waals surface area (Å²) in [5.74, 6) is -0.168. The number of rotatable bonds is 9. The van der Waals surface area contributed by atoms with Crippen LogP contribution in [0.1, 0.15) is 29.7 Å². The smallest absolute Gasteiger partial charge is 0.416 e. The van der Waals surface area contributed by atoms with Gasteiger partial charge in [0.05, 0.1) is 12.7 Å². The Morgan fingerprint density at radius 2 is 1.87 bits per heavy atom. The summed E-state index contributed by atoms with van der Waals surface area (Å²) < 4.78 is 52.1. The number of hydrogen-bond donors (Lipinski definition) is 2. The number of aliphatic carboxylic acids is 1. The first-order valence-electron chi connectivity index (χ1n) is 12.1. The summed E-state index contributed by atoms with van der Waals surface area (Å²) in [6.45, 7) is 2.58. The van der Waals surface area contributed by atoms with Crippen LogP contribution in [-0.4, -0.2) is 38.4 Å². The zero-order valence-corrected chi connectivity index (χ0v) is 21.3. The van der Waals surface area contributed by atoms with E-state index in [1.165, 1.54) is 0 Å². The van der Waals surface area contributed by atoms with Crippen LogP contribution in [0.3, 0.4) is 0 Å². The molecular weight excluding hydrogens is 497 g/mol. The number of hydrogen-bond acceptors (Lipinski definition) is 5. The Bertz CT molecular complexity index is 1350. The van der Waals surface area contributed by atoms with E-state index in [-0.39, 0.29) is 24.1 Å². The number of carbonyl (C=O) groups is 1. The summed E-state index contributed by atoms with van der Waals surface area (Å²) in [7, 11) is 3.25. The average Bonchev–Trinajstić information content (AvgIpc) is 2.90. The molecule has 1 aliphatic rings. The van der Waals surface area contributed by atoms with Crippen LogP contribution in [0.2, 0.25) is 0 Å². The minimum absolute atomic E-state index is 0.00455. The third kappa shape index (κ3) is 6.11. The van der Waals surface area contributed by atoms with Crippen molar-refractivity contribution in [3.8, 4) is 22.6 Å². The molecule has 1 aliphatic heterocycles. The molecule has 1 atom stereocenters. The fourth-order valence-electron chi connectivity index (χ4n) is 4.45. The van der Waals surface area contributed by atoms with Gasteiger partial charge in [-0.2, -0.15) is 13.2 Å². The van der Waals surface area contributed by atoms with E-state index in [0.717, 1.165) is 29.0 Å². The van der Waals surface area contributed by atoms with Crippen molar-refractivity contribution in [2.75, 3.05) is 32.2 Å². The van der Waals surface area contributed by atoms with Gasteiger partial charge in [0.1, 0.15) is 23.8 Å². The predicted octanol–water partition coefficient (Wildman–Crippen LogP) is 6.07. The van der Waals surface area contributed by atoms with Crippen molar-refractivity contribution in [1.82, 2.24) is 5.32 Å². The topological polar surface area (TPSA) is 71.0 Å². The number of carboxylic acids is 1. The highest BCUT2D eigenvalue weighted by molar-refractivity contribution is 5.92. The zero-order valence-electron chi connectivity index (χ0n) is 21.3. The van der Waals surface area contributed by atoms with Gasteiger partial charge in [0.15, 0.2) is 0 Å². The molecule has 0 saturated heterocycles. The van der Waals surface area contributed by atoms with Crippen molar-refractivity contribution < 1.29 is 32.5 Å². The molecular formula is C29H29F3N2O4. The van der Waals surface area contributed by atoms with E-state index in [0.29, 0.717) is 29.8 Å². The molecule has 3 aromatic rings. The SMILES string of the molecule is COc1cccc(C(C)NCCOc2cc(-c3ccc4c(c3)CC=C(C(=O)O)N4C)cc(C(F)(F)F)c2)c1. The van der Waals surface area contributed by atoms with Crippen molar-refractivity contribution in [3.63, 3.8) is 0 Å². The number of fused-ring (bicyclic) bond motifs is 1. The molecule has 0 aromatic heterocycles. The van der Waals surface area contributed by atoms with Gasteiger partial charge in [-0.15, -0.1) is 0 Å². The maximum atomic E-state index is 13.7. The molecule has 0 fully saturated rings. The lowest BCUT2D eigenvalue weighted by Crippen LogP contribution is -2.26. The number of anilines is 1. The Labute approximate surface area is 219 Å². The number of carboxylic acid groups (broad SMARTS) is 1. The molecule has 0 amide bonds. The lowest BCUT2D eigenvalue weighted by atomic mass is 9.96. The highest BCUT2D eigenvalue weighted by atomic mass is 19.4. The number of allylic oxidation sites excluding steroid dienone is 1. The van der Waals surface area contributed by atoms with E-state index in [9.17, 15) is 23.1 Å². The third-order valence-corrected chi connectivity index (χ3v) is 6.52. The largest absolute Gasteiger partial charge is 0.497 e. The first-order valence-corrected chi connectivity index (χ1v) is 12.1. The fraction of sp³-hybridized carbons (Fsp3) is 0.276. The van der Waals surface area contributed by atoms with Crippen LogP contribution >= 0.6 is 0 Å². The number of methoxy groups -OCH3 is 1. The number of likely N-dealkylation sites (N-methyl/N-ethyl adjacent to an activating group) is 1. The molecule has 1 unspecified atom stereocenters. The standard InChI is InChI=1S/C29H29F3N2O4/c1-18(19-5-4-6-24(15-19)37-3)33-11-12-38-25-16-22(14-23(17-25)29(30,31)32)20-7-9-26-21(13-20)8-10-27(28(35)36)34(26)2/h4-7,9-10,13-18,33H,8,11-12H2,1-3H3,(H,35,36). The van der Waals surface area contributed by atoms with Gasteiger partial charge >= 0.3 is 12.1 Å². The van der Waals surface area contributed by atoms with E-state index >= 15 is 0 Å². The van der Waals surface area contributed by atoms with E-state index in [2.05, 4.69) is 5.32 Å². The second-order valence-corrected chi connectivity index (χ2v) is 9.05. The van der Waals surface area contributed by atoms with Crippen LogP contribution in [0.5, 0.6) is 11.5 Å². The number of nitrogens with one attached hydrogen (secondary N) is 1. The van der Waals surface area contributed by atoms with Crippen LogP contribution in [0.25, 0.3) is 11.1 Å². The first-order chi connectivity index (χ1) is 18.1. The molecule has 0 bridgehead atoms. The van der Waals surface area contributed by atoms with Crippen molar-refractivity contribution in [2.24, 2.45) is 0 Å². The lowest BCUT2D eigenvalue weighted by molar-refractivity contribution is -0.137. The monoisotopic (exact) mass is 526 g/mol. The fourth-order valence-corrected chi connectivity index (χ4v) is 4.45. The van der Waals surface area contributed by atoms with Crippen molar-refractivity contribution in [2.45, 2.75) is 25.6 Å². The summed E-state index contributed by atoms with van der Waals surface area (Å²) >= 11 is 0. The second kappa shape index (κ2) is 11.2. The van der Waals surface area contributed by atoms with Gasteiger partial charge < -0.3 is 24.8 Å². The van der Waals surface area contributed by atoms with Gasteiger partial charge in [0, 0.05) is 25.3 Å². The molecule has 4 rings (SSSR count). The van der Waals surface area contributed by atoms with Gasteiger partial charge in [0.25, 0.3) is 0 Å². The summed E-state index contributed by atoms with van der Waals surface area (Å²) in [6, 6.07) is 16.5. The zero-order chi connectivity index (χ0) is 27.4. The highest BCUT2D eigenvalue weighted by Gasteiger charge is 2.32. The molecule has 3 aromatic carbocycles. The maximum absolute atomic E-state index is 13.7. The van der Waals surface area contributed by atoms with E-state index in [4.69, 9.17) is 9.47 Å². The third-order valence-electron chi connectivity index (χ3n) is 6.52. The van der Waals surface area contributed by atoms with E-state index < -0.39 is 17.7 Å². The molecule has 0 spiro atoms. The number of nitrogens with zero attached hydrogens (tertiary/aromatic N) is 1. The number of ether oxygens (including phenoxy) is 2. The van der Waals surface area contributed by atoms with Crippen LogP contribution in [0.15, 0.2) is 72.4 Å².